The molecule has 2 heterocycles. The van der Waals surface area contributed by atoms with Crippen LogP contribution in [0.3, 0.4) is 0 Å². The van der Waals surface area contributed by atoms with Gasteiger partial charge in [-0.05, 0) is 55.8 Å². The van der Waals surface area contributed by atoms with Gasteiger partial charge < -0.3 is 9.73 Å². The van der Waals surface area contributed by atoms with Crippen LogP contribution >= 0.6 is 27.5 Å². The lowest BCUT2D eigenvalue weighted by Crippen LogP contribution is -2.37. The Kier molecular flexibility index (Phi) is 6.04. The number of fused-ring (bicyclic) bond motifs is 1. The summed E-state index contributed by atoms with van der Waals surface area (Å²) in [6.07, 6.45) is 2.26. The first-order valence-corrected chi connectivity index (χ1v) is 10.7. The highest BCUT2D eigenvalue weighted by molar-refractivity contribution is 9.10. The van der Waals surface area contributed by atoms with Crippen LogP contribution in [0.1, 0.15) is 35.0 Å². The van der Waals surface area contributed by atoms with Crippen LogP contribution in [0.2, 0.25) is 5.02 Å². The van der Waals surface area contributed by atoms with E-state index in [0.29, 0.717) is 22.5 Å². The molecule has 1 N–H and O–H groups in total. The summed E-state index contributed by atoms with van der Waals surface area (Å²) in [6.45, 7) is 2.31. The first-order valence-electron chi connectivity index (χ1n) is 9.53. The number of nitrogens with one attached hydrogen (secondary N) is 1. The third kappa shape index (κ3) is 4.39. The van der Waals surface area contributed by atoms with Gasteiger partial charge in [0.2, 0.25) is 0 Å². The molecule has 1 amide bonds. The average molecular weight is 476 g/mol. The van der Waals surface area contributed by atoms with E-state index in [-0.39, 0.29) is 17.2 Å². The molecule has 0 spiro atoms. The van der Waals surface area contributed by atoms with Crippen molar-refractivity contribution in [2.45, 2.75) is 18.9 Å². The molecule has 1 aliphatic rings. The van der Waals surface area contributed by atoms with Crippen molar-refractivity contribution in [3.63, 3.8) is 0 Å². The van der Waals surface area contributed by atoms with Crippen molar-refractivity contribution in [1.29, 1.82) is 0 Å². The maximum absolute atomic E-state index is 12.7. The summed E-state index contributed by atoms with van der Waals surface area (Å²) in [5.74, 6) is -0.410. The summed E-state index contributed by atoms with van der Waals surface area (Å²) in [7, 11) is 0. The quantitative estimate of drug-likeness (QED) is 0.577. The van der Waals surface area contributed by atoms with Crippen LogP contribution in [0.5, 0.6) is 0 Å². The Morgan fingerprint density at radius 1 is 1.17 bits per heavy atom. The molecule has 1 fully saturated rings. The minimum absolute atomic E-state index is 0.00385. The number of likely N-dealkylation sites (tertiary alicyclic amines) is 1. The molecule has 0 radical (unpaired) electrons. The topological polar surface area (TPSA) is 62.6 Å². The van der Waals surface area contributed by atoms with Crippen molar-refractivity contribution in [1.82, 2.24) is 10.2 Å². The van der Waals surface area contributed by atoms with Gasteiger partial charge in [-0.15, -0.1) is 0 Å². The standard InChI is InChI=1S/C22H20BrClN2O3/c23-14-7-8-20-16(11-14)19(27)12-21(29-20)22(28)25-13-18(26-9-3-4-10-26)15-5-1-2-6-17(15)24/h1-2,5-8,11-12,18H,3-4,9-10,13H2,(H,25,28)/t18-/m1/s1. The number of rotatable bonds is 5. The molecule has 29 heavy (non-hydrogen) atoms. The van der Waals surface area contributed by atoms with Crippen molar-refractivity contribution >= 4 is 44.4 Å². The molecular weight excluding hydrogens is 456 g/mol. The highest BCUT2D eigenvalue weighted by Crippen LogP contribution is 2.29. The zero-order valence-corrected chi connectivity index (χ0v) is 18.0. The number of nitrogens with zero attached hydrogens (tertiary/aromatic N) is 1. The van der Waals surface area contributed by atoms with Crippen LogP contribution < -0.4 is 10.7 Å². The van der Waals surface area contributed by atoms with Crippen molar-refractivity contribution in [3.8, 4) is 0 Å². The molecule has 150 valence electrons. The first-order chi connectivity index (χ1) is 14.0. The van der Waals surface area contributed by atoms with Gasteiger partial charge in [0, 0.05) is 22.1 Å². The molecule has 1 aromatic heterocycles. The number of amides is 1. The van der Waals surface area contributed by atoms with Crippen molar-refractivity contribution in [2.24, 2.45) is 0 Å². The Bertz CT molecular complexity index is 1110. The molecule has 3 aromatic rings. The molecule has 1 atom stereocenters. The smallest absolute Gasteiger partial charge is 0.287 e. The van der Waals surface area contributed by atoms with Crippen molar-refractivity contribution < 1.29 is 9.21 Å². The molecule has 0 aliphatic carbocycles. The van der Waals surface area contributed by atoms with Gasteiger partial charge in [-0.3, -0.25) is 14.5 Å². The maximum atomic E-state index is 12.7. The predicted octanol–water partition coefficient (Wildman–Crippen LogP) is 4.78. The molecule has 0 unspecified atom stereocenters. The minimum Gasteiger partial charge on any atom is -0.451 e. The first kappa shape index (κ1) is 20.1. The highest BCUT2D eigenvalue weighted by atomic mass is 79.9. The van der Waals surface area contributed by atoms with Crippen LogP contribution in [0.25, 0.3) is 11.0 Å². The number of carbonyl (C=O) groups is 1. The lowest BCUT2D eigenvalue weighted by Gasteiger charge is -2.28. The summed E-state index contributed by atoms with van der Waals surface area (Å²) in [4.78, 5) is 27.5. The van der Waals surface area contributed by atoms with Crippen LogP contribution in [0.15, 0.2) is 62.2 Å². The number of hydrogen-bond donors (Lipinski definition) is 1. The van der Waals surface area contributed by atoms with Gasteiger partial charge in [-0.25, -0.2) is 0 Å². The van der Waals surface area contributed by atoms with Crippen LogP contribution in [0, 0.1) is 0 Å². The number of carbonyl (C=O) groups excluding carboxylic acids is 1. The molecule has 1 aliphatic heterocycles. The Morgan fingerprint density at radius 2 is 1.93 bits per heavy atom. The fraction of sp³-hybridized carbons (Fsp3) is 0.273. The fourth-order valence-corrected chi connectivity index (χ4v) is 4.37. The zero-order valence-electron chi connectivity index (χ0n) is 15.7. The van der Waals surface area contributed by atoms with Crippen LogP contribution in [-0.2, 0) is 0 Å². The number of benzene rings is 2. The van der Waals surface area contributed by atoms with E-state index in [1.54, 1.807) is 18.2 Å². The molecule has 0 saturated carbocycles. The van der Waals surface area contributed by atoms with Gasteiger partial charge in [-0.1, -0.05) is 45.7 Å². The van der Waals surface area contributed by atoms with E-state index in [2.05, 4.69) is 26.1 Å². The van der Waals surface area contributed by atoms with E-state index < -0.39 is 5.91 Å². The Labute approximate surface area is 181 Å². The number of halogens is 2. The van der Waals surface area contributed by atoms with E-state index in [4.69, 9.17) is 16.0 Å². The molecule has 1 saturated heterocycles. The molecule has 5 nitrogen and oxygen atoms in total. The van der Waals surface area contributed by atoms with Gasteiger partial charge in [-0.2, -0.15) is 0 Å². The summed E-state index contributed by atoms with van der Waals surface area (Å²) in [5, 5.41) is 4.04. The van der Waals surface area contributed by atoms with Gasteiger partial charge >= 0.3 is 0 Å². The van der Waals surface area contributed by atoms with Gasteiger partial charge in [0.1, 0.15) is 5.58 Å². The lowest BCUT2D eigenvalue weighted by atomic mass is 10.1. The zero-order chi connectivity index (χ0) is 20.4. The van der Waals surface area contributed by atoms with Crippen LogP contribution in [0.4, 0.5) is 0 Å². The largest absolute Gasteiger partial charge is 0.451 e. The van der Waals surface area contributed by atoms with E-state index in [0.717, 1.165) is 36.0 Å². The van der Waals surface area contributed by atoms with Gasteiger partial charge in [0.15, 0.2) is 11.2 Å². The maximum Gasteiger partial charge on any atom is 0.287 e. The lowest BCUT2D eigenvalue weighted by molar-refractivity contribution is 0.0910. The normalized spacial score (nSPS) is 15.5. The summed E-state index contributed by atoms with van der Waals surface area (Å²) >= 11 is 9.77. The number of hydrogen-bond acceptors (Lipinski definition) is 4. The molecule has 4 rings (SSSR count). The Balaban J connectivity index is 1.57. The monoisotopic (exact) mass is 474 g/mol. The molecule has 0 bridgehead atoms. The van der Waals surface area contributed by atoms with E-state index in [1.807, 2.05) is 24.3 Å². The minimum atomic E-state index is -0.414. The van der Waals surface area contributed by atoms with E-state index in [9.17, 15) is 9.59 Å². The van der Waals surface area contributed by atoms with E-state index >= 15 is 0 Å². The van der Waals surface area contributed by atoms with Crippen molar-refractivity contribution in [3.05, 3.63) is 79.6 Å². The SMILES string of the molecule is O=C(NC[C@H](c1ccccc1Cl)N1CCCC1)c1cc(=O)c2cc(Br)ccc2o1. The van der Waals surface area contributed by atoms with Crippen molar-refractivity contribution in [2.75, 3.05) is 19.6 Å². The molecular formula is C22H20BrClN2O3. The van der Waals surface area contributed by atoms with E-state index in [1.165, 1.54) is 6.07 Å². The average Bonchev–Trinajstić information content (AvgIpc) is 3.24. The molecule has 7 heteroatoms. The van der Waals surface area contributed by atoms with Gasteiger partial charge in [0.25, 0.3) is 5.91 Å². The molecule has 2 aromatic carbocycles. The third-order valence-corrected chi connectivity index (χ3v) is 6.05. The van der Waals surface area contributed by atoms with Gasteiger partial charge in [0.05, 0.1) is 11.4 Å². The second-order valence-electron chi connectivity index (χ2n) is 7.11. The Hall–Kier alpha value is -2.15. The third-order valence-electron chi connectivity index (χ3n) is 5.21. The second kappa shape index (κ2) is 8.69. The second-order valence-corrected chi connectivity index (χ2v) is 8.43. The Morgan fingerprint density at radius 3 is 2.69 bits per heavy atom. The summed E-state index contributed by atoms with van der Waals surface area (Å²) in [5.41, 5.74) is 1.12. The highest BCUT2D eigenvalue weighted by Gasteiger charge is 2.26. The predicted molar refractivity (Wildman–Crippen MR) is 118 cm³/mol. The summed E-state index contributed by atoms with van der Waals surface area (Å²) in [6, 6.07) is 14.0. The fourth-order valence-electron chi connectivity index (χ4n) is 3.75. The van der Waals surface area contributed by atoms with Crippen LogP contribution in [-0.4, -0.2) is 30.4 Å². The summed E-state index contributed by atoms with van der Waals surface area (Å²) < 4.78 is 6.45.